The van der Waals surface area contributed by atoms with Gasteiger partial charge >= 0.3 is 6.01 Å². The summed E-state index contributed by atoms with van der Waals surface area (Å²) in [5.41, 5.74) is 1.58. The zero-order chi connectivity index (χ0) is 22.7. The molecule has 0 aliphatic heterocycles. The van der Waals surface area contributed by atoms with Gasteiger partial charge in [0.05, 0.1) is 5.69 Å². The largest absolute Gasteiger partial charge is 0.458 e. The molecule has 10 heteroatoms. The second-order valence-corrected chi connectivity index (χ2v) is 8.83. The van der Waals surface area contributed by atoms with E-state index >= 15 is 0 Å². The molecule has 1 aromatic heterocycles. The van der Waals surface area contributed by atoms with Crippen LogP contribution in [0, 0.1) is 11.6 Å². The summed E-state index contributed by atoms with van der Waals surface area (Å²) in [6, 6.07) is 16.3. The Labute approximate surface area is 202 Å². The summed E-state index contributed by atoms with van der Waals surface area (Å²) < 4.78 is 34.9. The number of nitrogens with zero attached hydrogens (tertiary/aromatic N) is 3. The quantitative estimate of drug-likeness (QED) is 0.242. The van der Waals surface area contributed by atoms with Gasteiger partial charge in [-0.3, -0.25) is 0 Å². The van der Waals surface area contributed by atoms with Crippen LogP contribution in [0.2, 0.25) is 15.1 Å². The minimum Gasteiger partial charge on any atom is -0.458 e. The first-order valence-electron chi connectivity index (χ1n) is 9.26. The third-order valence-corrected chi connectivity index (χ3v) is 6.23. The van der Waals surface area contributed by atoms with E-state index in [-0.39, 0.29) is 18.2 Å². The monoisotopic (exact) mass is 511 g/mol. The van der Waals surface area contributed by atoms with Crippen molar-refractivity contribution in [1.29, 1.82) is 0 Å². The summed E-state index contributed by atoms with van der Waals surface area (Å²) in [5, 5.41) is 10.4. The van der Waals surface area contributed by atoms with Crippen LogP contribution < -0.4 is 4.74 Å². The molecule has 164 valence electrons. The van der Waals surface area contributed by atoms with Gasteiger partial charge < -0.3 is 4.74 Å². The second-order valence-electron chi connectivity index (χ2n) is 6.61. The molecule has 0 aliphatic rings. The van der Waals surface area contributed by atoms with E-state index in [9.17, 15) is 8.78 Å². The van der Waals surface area contributed by atoms with Crippen molar-refractivity contribution in [3.8, 4) is 11.7 Å². The lowest BCUT2D eigenvalue weighted by Crippen LogP contribution is -2.06. The van der Waals surface area contributed by atoms with Crippen LogP contribution in [0.1, 0.15) is 11.1 Å². The van der Waals surface area contributed by atoms with Crippen molar-refractivity contribution in [2.45, 2.75) is 17.5 Å². The molecule has 0 N–H and O–H groups in total. The number of benzene rings is 3. The third-order valence-electron chi connectivity index (χ3n) is 4.43. The number of aromatic nitrogens is 3. The van der Waals surface area contributed by atoms with Crippen LogP contribution >= 0.6 is 46.6 Å². The molecule has 0 atom stereocenters. The van der Waals surface area contributed by atoms with Gasteiger partial charge in [-0.1, -0.05) is 75.9 Å². The number of hydrogen-bond donors (Lipinski definition) is 0. The molecule has 0 radical (unpaired) electrons. The van der Waals surface area contributed by atoms with Gasteiger partial charge in [0.15, 0.2) is 16.8 Å². The van der Waals surface area contributed by atoms with E-state index in [4.69, 9.17) is 39.5 Å². The maximum atomic E-state index is 14.0. The Morgan fingerprint density at radius 3 is 2.44 bits per heavy atom. The van der Waals surface area contributed by atoms with Crippen molar-refractivity contribution in [2.24, 2.45) is 0 Å². The smallest absolute Gasteiger partial charge is 0.322 e. The van der Waals surface area contributed by atoms with Crippen molar-refractivity contribution in [1.82, 2.24) is 14.8 Å². The number of rotatable bonds is 7. The highest BCUT2D eigenvalue weighted by atomic mass is 35.5. The Morgan fingerprint density at radius 2 is 1.66 bits per heavy atom. The van der Waals surface area contributed by atoms with Crippen LogP contribution in [0.4, 0.5) is 8.78 Å². The molecule has 0 bridgehead atoms. The highest BCUT2D eigenvalue weighted by Crippen LogP contribution is 2.32. The summed E-state index contributed by atoms with van der Waals surface area (Å²) in [6.45, 7) is -0.226. The molecule has 0 saturated heterocycles. The number of halogens is 5. The first-order valence-corrected chi connectivity index (χ1v) is 11.4. The average Bonchev–Trinajstić information content (AvgIpc) is 3.17. The van der Waals surface area contributed by atoms with Crippen molar-refractivity contribution in [2.75, 3.05) is 0 Å². The van der Waals surface area contributed by atoms with Gasteiger partial charge in [0.25, 0.3) is 0 Å². The summed E-state index contributed by atoms with van der Waals surface area (Å²) in [4.78, 5) is 0. The molecule has 0 spiro atoms. The van der Waals surface area contributed by atoms with Gasteiger partial charge in [-0.25, -0.2) is 13.3 Å². The van der Waals surface area contributed by atoms with E-state index in [1.165, 1.54) is 23.9 Å². The molecule has 0 fully saturated rings. The van der Waals surface area contributed by atoms with Crippen LogP contribution in [0.3, 0.4) is 0 Å². The van der Waals surface area contributed by atoms with Crippen LogP contribution in [0.15, 0.2) is 65.8 Å². The fourth-order valence-electron chi connectivity index (χ4n) is 2.86. The van der Waals surface area contributed by atoms with E-state index in [2.05, 4.69) is 10.2 Å². The Kier molecular flexibility index (Phi) is 7.20. The standard InChI is InChI=1S/C22H14Cl3F2N3OS/c23-15-4-2-5-17(9-15)30-21(31-11-13-3-1-6-19(26)20(13)27)28-29-22(30)32-12-14-7-8-16(24)10-18(14)25/h1-10H,11-12H2. The minimum atomic E-state index is -0.965. The Hall–Kier alpha value is -2.32. The molecule has 0 amide bonds. The van der Waals surface area contributed by atoms with Crippen molar-refractivity contribution in [3.05, 3.63) is 98.5 Å². The van der Waals surface area contributed by atoms with Crippen molar-refractivity contribution < 1.29 is 13.5 Å². The molecule has 4 nitrogen and oxygen atoms in total. The number of ether oxygens (including phenoxy) is 1. The molecule has 32 heavy (non-hydrogen) atoms. The summed E-state index contributed by atoms with van der Waals surface area (Å²) >= 11 is 19.8. The maximum absolute atomic E-state index is 14.0. The minimum absolute atomic E-state index is 0.0628. The third kappa shape index (κ3) is 5.18. The zero-order valence-electron chi connectivity index (χ0n) is 16.2. The second kappa shape index (κ2) is 10.1. The first kappa shape index (κ1) is 22.9. The average molecular weight is 513 g/mol. The van der Waals surface area contributed by atoms with Crippen LogP contribution in [-0.2, 0) is 12.4 Å². The van der Waals surface area contributed by atoms with E-state index in [1.807, 2.05) is 12.1 Å². The molecule has 0 saturated carbocycles. The van der Waals surface area contributed by atoms with E-state index in [0.29, 0.717) is 31.7 Å². The van der Waals surface area contributed by atoms with Gasteiger partial charge in [0, 0.05) is 26.4 Å². The Balaban J connectivity index is 1.63. The predicted molar refractivity (Wildman–Crippen MR) is 123 cm³/mol. The molecular formula is C22H14Cl3F2N3OS. The van der Waals surface area contributed by atoms with Crippen molar-refractivity contribution in [3.63, 3.8) is 0 Å². The lowest BCUT2D eigenvalue weighted by atomic mass is 10.2. The van der Waals surface area contributed by atoms with Gasteiger partial charge in [-0.2, -0.15) is 0 Å². The highest BCUT2D eigenvalue weighted by molar-refractivity contribution is 7.98. The molecule has 3 aromatic carbocycles. The molecule has 1 heterocycles. The van der Waals surface area contributed by atoms with Crippen LogP contribution in [0.5, 0.6) is 6.01 Å². The van der Waals surface area contributed by atoms with Crippen LogP contribution in [-0.4, -0.2) is 14.8 Å². The zero-order valence-corrected chi connectivity index (χ0v) is 19.3. The SMILES string of the molecule is Fc1cccc(COc2nnc(SCc3ccc(Cl)cc3Cl)n2-c2cccc(Cl)c2)c1F. The first-order chi connectivity index (χ1) is 15.4. The molecule has 0 aliphatic carbocycles. The lowest BCUT2D eigenvalue weighted by molar-refractivity contribution is 0.267. The van der Waals surface area contributed by atoms with E-state index in [0.717, 1.165) is 11.6 Å². The summed E-state index contributed by atoms with van der Waals surface area (Å²) in [7, 11) is 0. The fourth-order valence-corrected chi connectivity index (χ4v) is 4.55. The molecule has 0 unspecified atom stereocenters. The fraction of sp³-hybridized carbons (Fsp3) is 0.0909. The van der Waals surface area contributed by atoms with Gasteiger partial charge in [-0.05, 0) is 42.0 Å². The lowest BCUT2D eigenvalue weighted by Gasteiger charge is -2.12. The van der Waals surface area contributed by atoms with Crippen LogP contribution in [0.25, 0.3) is 5.69 Å². The Morgan fingerprint density at radius 1 is 0.875 bits per heavy atom. The molecular weight excluding hydrogens is 499 g/mol. The topological polar surface area (TPSA) is 39.9 Å². The van der Waals surface area contributed by atoms with E-state index < -0.39 is 11.6 Å². The highest BCUT2D eigenvalue weighted by Gasteiger charge is 2.18. The number of thioether (sulfide) groups is 1. The molecule has 4 rings (SSSR count). The summed E-state index contributed by atoms with van der Waals surface area (Å²) in [5.74, 6) is -1.42. The Bertz CT molecular complexity index is 1270. The van der Waals surface area contributed by atoms with Crippen molar-refractivity contribution >= 4 is 46.6 Å². The van der Waals surface area contributed by atoms with Gasteiger partial charge in [0.1, 0.15) is 6.61 Å². The molecule has 4 aromatic rings. The predicted octanol–water partition coefficient (Wildman–Crippen LogP) is 7.38. The maximum Gasteiger partial charge on any atom is 0.322 e. The van der Waals surface area contributed by atoms with Gasteiger partial charge in [0.2, 0.25) is 0 Å². The normalized spacial score (nSPS) is 11.0. The van der Waals surface area contributed by atoms with Gasteiger partial charge in [-0.15, -0.1) is 5.10 Å². The summed E-state index contributed by atoms with van der Waals surface area (Å²) in [6.07, 6.45) is 0. The number of hydrogen-bond acceptors (Lipinski definition) is 4. The van der Waals surface area contributed by atoms with E-state index in [1.54, 1.807) is 34.9 Å².